The molecular formula is C13H18N2O3. The average Bonchev–Trinajstić information content (AvgIpc) is 2.36. The molecule has 1 aromatic rings. The molecule has 0 aliphatic rings. The van der Waals surface area contributed by atoms with Crippen LogP contribution in [0.4, 0.5) is 0 Å². The molecule has 1 rings (SSSR count). The molecule has 1 heterocycles. The monoisotopic (exact) mass is 250 g/mol. The number of nitrogens with one attached hydrogen (secondary N) is 1. The number of rotatable bonds is 7. The number of esters is 1. The molecule has 1 N–H and O–H groups in total. The highest BCUT2D eigenvalue weighted by molar-refractivity contribution is 5.78. The van der Waals surface area contributed by atoms with Crippen molar-refractivity contribution in [2.75, 3.05) is 13.2 Å². The van der Waals surface area contributed by atoms with Gasteiger partial charge in [-0.1, -0.05) is 6.07 Å². The van der Waals surface area contributed by atoms with Gasteiger partial charge >= 0.3 is 5.97 Å². The Labute approximate surface area is 107 Å². The maximum atomic E-state index is 11.5. The van der Waals surface area contributed by atoms with Crippen molar-refractivity contribution in [3.05, 3.63) is 30.1 Å². The minimum Gasteiger partial charge on any atom is -0.466 e. The van der Waals surface area contributed by atoms with Gasteiger partial charge in [-0.25, -0.2) is 0 Å². The summed E-state index contributed by atoms with van der Waals surface area (Å²) in [5.41, 5.74) is 0.736. The third-order valence-electron chi connectivity index (χ3n) is 2.25. The molecule has 0 unspecified atom stereocenters. The largest absolute Gasteiger partial charge is 0.466 e. The molecule has 0 fully saturated rings. The van der Waals surface area contributed by atoms with Crippen LogP contribution in [0.2, 0.25) is 0 Å². The summed E-state index contributed by atoms with van der Waals surface area (Å²) in [6.07, 6.45) is 2.84. The summed E-state index contributed by atoms with van der Waals surface area (Å²) >= 11 is 0. The van der Waals surface area contributed by atoms with Crippen LogP contribution in [-0.2, 0) is 20.7 Å². The number of pyridine rings is 1. The van der Waals surface area contributed by atoms with Crippen molar-refractivity contribution in [2.24, 2.45) is 0 Å². The number of carbonyl (C=O) groups excluding carboxylic acids is 2. The van der Waals surface area contributed by atoms with Crippen molar-refractivity contribution in [2.45, 2.75) is 26.2 Å². The van der Waals surface area contributed by atoms with E-state index in [1.807, 2.05) is 6.07 Å². The molecule has 5 heteroatoms. The van der Waals surface area contributed by atoms with Gasteiger partial charge in [-0.05, 0) is 25.5 Å². The fraction of sp³-hybridized carbons (Fsp3) is 0.462. The lowest BCUT2D eigenvalue weighted by atomic mass is 10.2. The molecule has 0 saturated carbocycles. The fourth-order valence-electron chi connectivity index (χ4n) is 1.42. The molecule has 98 valence electrons. The number of carbonyl (C=O) groups is 2. The number of aromatic nitrogens is 1. The lowest BCUT2D eigenvalue weighted by Crippen LogP contribution is -2.26. The van der Waals surface area contributed by atoms with E-state index in [0.717, 1.165) is 5.69 Å². The van der Waals surface area contributed by atoms with Crippen LogP contribution in [0.3, 0.4) is 0 Å². The van der Waals surface area contributed by atoms with Crippen LogP contribution >= 0.6 is 0 Å². The smallest absolute Gasteiger partial charge is 0.305 e. The average molecular weight is 250 g/mol. The van der Waals surface area contributed by atoms with E-state index >= 15 is 0 Å². The van der Waals surface area contributed by atoms with E-state index in [4.69, 9.17) is 4.74 Å². The van der Waals surface area contributed by atoms with E-state index < -0.39 is 0 Å². The number of hydrogen-bond acceptors (Lipinski definition) is 4. The van der Waals surface area contributed by atoms with Crippen molar-refractivity contribution < 1.29 is 14.3 Å². The van der Waals surface area contributed by atoms with Crippen molar-refractivity contribution in [1.82, 2.24) is 10.3 Å². The minimum atomic E-state index is -0.225. The van der Waals surface area contributed by atoms with E-state index in [-0.39, 0.29) is 18.3 Å². The van der Waals surface area contributed by atoms with E-state index in [1.165, 1.54) is 0 Å². The zero-order valence-electron chi connectivity index (χ0n) is 10.5. The Morgan fingerprint density at radius 2 is 2.22 bits per heavy atom. The molecule has 0 radical (unpaired) electrons. The van der Waals surface area contributed by atoms with E-state index in [1.54, 1.807) is 25.3 Å². The normalized spacial score (nSPS) is 9.83. The second kappa shape index (κ2) is 8.22. The first-order valence-corrected chi connectivity index (χ1v) is 6.04. The molecule has 0 saturated heterocycles. The highest BCUT2D eigenvalue weighted by Crippen LogP contribution is 1.95. The summed E-state index contributed by atoms with van der Waals surface area (Å²) in [7, 11) is 0. The van der Waals surface area contributed by atoms with E-state index in [9.17, 15) is 9.59 Å². The van der Waals surface area contributed by atoms with Crippen LogP contribution in [0.5, 0.6) is 0 Å². The summed E-state index contributed by atoms with van der Waals surface area (Å²) in [6, 6.07) is 5.45. The Morgan fingerprint density at radius 3 is 2.89 bits per heavy atom. The first-order chi connectivity index (χ1) is 8.72. The molecule has 0 aromatic carbocycles. The molecule has 0 spiro atoms. The van der Waals surface area contributed by atoms with Gasteiger partial charge in [0.2, 0.25) is 5.91 Å². The molecule has 0 bridgehead atoms. The van der Waals surface area contributed by atoms with Gasteiger partial charge in [0, 0.05) is 24.9 Å². The standard InChI is InChI=1S/C13H18N2O3/c1-2-18-13(17)7-5-9-15-12(16)10-11-6-3-4-8-14-11/h3-4,6,8H,2,5,7,9-10H2,1H3,(H,15,16). The lowest BCUT2D eigenvalue weighted by Gasteiger charge is -2.04. The molecule has 0 aliphatic heterocycles. The summed E-state index contributed by atoms with van der Waals surface area (Å²) < 4.78 is 4.78. The molecule has 0 atom stereocenters. The maximum absolute atomic E-state index is 11.5. The van der Waals surface area contributed by atoms with Crippen molar-refractivity contribution in [3.63, 3.8) is 0 Å². The Balaban J connectivity index is 2.12. The number of amides is 1. The highest BCUT2D eigenvalue weighted by atomic mass is 16.5. The number of hydrogen-bond donors (Lipinski definition) is 1. The van der Waals surface area contributed by atoms with Crippen molar-refractivity contribution >= 4 is 11.9 Å². The molecule has 1 aromatic heterocycles. The van der Waals surface area contributed by atoms with Crippen LogP contribution in [-0.4, -0.2) is 30.0 Å². The summed E-state index contributed by atoms with van der Waals surface area (Å²) in [5.74, 6) is -0.311. The van der Waals surface area contributed by atoms with Gasteiger partial charge in [-0.15, -0.1) is 0 Å². The van der Waals surface area contributed by atoms with Crippen molar-refractivity contribution in [3.8, 4) is 0 Å². The highest BCUT2D eigenvalue weighted by Gasteiger charge is 2.05. The Kier molecular flexibility index (Phi) is 6.46. The van der Waals surface area contributed by atoms with Gasteiger partial charge < -0.3 is 10.1 Å². The quantitative estimate of drug-likeness (QED) is 0.581. The van der Waals surface area contributed by atoms with Crippen LogP contribution < -0.4 is 5.32 Å². The van der Waals surface area contributed by atoms with Gasteiger partial charge in [0.05, 0.1) is 13.0 Å². The SMILES string of the molecule is CCOC(=O)CCCNC(=O)Cc1ccccn1. The Hall–Kier alpha value is -1.91. The van der Waals surface area contributed by atoms with Gasteiger partial charge in [0.15, 0.2) is 0 Å². The lowest BCUT2D eigenvalue weighted by molar-refractivity contribution is -0.143. The molecule has 5 nitrogen and oxygen atoms in total. The molecule has 0 aliphatic carbocycles. The third-order valence-corrected chi connectivity index (χ3v) is 2.25. The van der Waals surface area contributed by atoms with Crippen LogP contribution in [0.15, 0.2) is 24.4 Å². The first-order valence-electron chi connectivity index (χ1n) is 6.04. The van der Waals surface area contributed by atoms with Gasteiger partial charge in [-0.3, -0.25) is 14.6 Å². The predicted octanol–water partition coefficient (Wildman–Crippen LogP) is 1.08. The molecular weight excluding hydrogens is 232 g/mol. The summed E-state index contributed by atoms with van der Waals surface area (Å²) in [6.45, 7) is 2.64. The second-order valence-corrected chi connectivity index (χ2v) is 3.76. The Bertz CT molecular complexity index is 379. The summed E-state index contributed by atoms with van der Waals surface area (Å²) in [4.78, 5) is 26.6. The van der Waals surface area contributed by atoms with E-state index in [0.29, 0.717) is 26.0 Å². The molecule has 18 heavy (non-hydrogen) atoms. The zero-order valence-corrected chi connectivity index (χ0v) is 10.5. The second-order valence-electron chi connectivity index (χ2n) is 3.76. The van der Waals surface area contributed by atoms with E-state index in [2.05, 4.69) is 10.3 Å². The van der Waals surface area contributed by atoms with Crippen molar-refractivity contribution in [1.29, 1.82) is 0 Å². The minimum absolute atomic E-state index is 0.0856. The topological polar surface area (TPSA) is 68.3 Å². The van der Waals surface area contributed by atoms with Crippen LogP contribution in [0.25, 0.3) is 0 Å². The maximum Gasteiger partial charge on any atom is 0.305 e. The predicted molar refractivity (Wildman–Crippen MR) is 66.8 cm³/mol. The van der Waals surface area contributed by atoms with Crippen LogP contribution in [0, 0.1) is 0 Å². The number of ether oxygens (including phenoxy) is 1. The summed E-state index contributed by atoms with van der Waals surface area (Å²) in [5, 5.41) is 2.74. The third kappa shape index (κ3) is 5.98. The fourth-order valence-corrected chi connectivity index (χ4v) is 1.42. The van der Waals surface area contributed by atoms with Gasteiger partial charge in [0.1, 0.15) is 0 Å². The Morgan fingerprint density at radius 1 is 1.39 bits per heavy atom. The molecule has 1 amide bonds. The van der Waals surface area contributed by atoms with Gasteiger partial charge in [0.25, 0.3) is 0 Å². The zero-order chi connectivity index (χ0) is 13.2. The first kappa shape index (κ1) is 14.2. The van der Waals surface area contributed by atoms with Crippen LogP contribution in [0.1, 0.15) is 25.5 Å². The van der Waals surface area contributed by atoms with Gasteiger partial charge in [-0.2, -0.15) is 0 Å². The number of nitrogens with zero attached hydrogens (tertiary/aromatic N) is 1.